The van der Waals surface area contributed by atoms with Gasteiger partial charge < -0.3 is 9.69 Å². The van der Waals surface area contributed by atoms with Crippen molar-refractivity contribution in [3.8, 4) is 0 Å². The normalized spacial score (nSPS) is 28.8. The Morgan fingerprint density at radius 1 is 0.977 bits per heavy atom. The van der Waals surface area contributed by atoms with Crippen molar-refractivity contribution in [1.29, 1.82) is 0 Å². The number of hydrogen-bond acceptors (Lipinski definition) is 4. The van der Waals surface area contributed by atoms with Crippen LogP contribution in [0.5, 0.6) is 0 Å². The number of carbonyl (C=O) groups is 2. The van der Waals surface area contributed by atoms with Gasteiger partial charge in [-0.2, -0.15) is 33.7 Å². The fraction of sp³-hybridized carbons (Fsp3) is 0.765. The van der Waals surface area contributed by atoms with Gasteiger partial charge in [0.25, 0.3) is 0 Å². The summed E-state index contributed by atoms with van der Waals surface area (Å²) in [6.45, 7) is 4.22. The average molecular weight is 630 g/mol. The SMILES string of the molecule is CN(CCCCC[C@@H]1Cc2cc(C=O)ccc2[C@H]2CC[C@]3(C)C(C=O)CC[C@H]3[C@H]12)CCCSCCCC(F)(F)C(F)(F)F. The molecule has 3 aliphatic carbocycles. The number of nitrogens with zero attached hydrogens (tertiary/aromatic N) is 1. The Balaban J connectivity index is 1.20. The van der Waals surface area contributed by atoms with E-state index in [1.165, 1.54) is 29.2 Å². The van der Waals surface area contributed by atoms with Gasteiger partial charge in [-0.25, -0.2) is 0 Å². The second kappa shape index (κ2) is 14.7. The molecular formula is C34H48F5NO2S. The molecule has 0 N–H and O–H groups in total. The Hall–Kier alpha value is -1.48. The maximum atomic E-state index is 13.0. The summed E-state index contributed by atoms with van der Waals surface area (Å²) in [5.41, 5.74) is 3.64. The Morgan fingerprint density at radius 2 is 1.72 bits per heavy atom. The van der Waals surface area contributed by atoms with Crippen molar-refractivity contribution in [3.63, 3.8) is 0 Å². The van der Waals surface area contributed by atoms with E-state index in [1.54, 1.807) is 0 Å². The number of unbranched alkanes of at least 4 members (excludes halogenated alkanes) is 2. The van der Waals surface area contributed by atoms with Gasteiger partial charge >= 0.3 is 12.1 Å². The van der Waals surface area contributed by atoms with E-state index in [2.05, 4.69) is 31.0 Å². The fourth-order valence-electron chi connectivity index (χ4n) is 8.58. The topological polar surface area (TPSA) is 37.4 Å². The number of hydrogen-bond donors (Lipinski definition) is 0. The number of fused-ring (bicyclic) bond motifs is 5. The van der Waals surface area contributed by atoms with Crippen molar-refractivity contribution >= 4 is 24.3 Å². The second-order valence-corrected chi connectivity index (χ2v) is 14.8. The van der Waals surface area contributed by atoms with E-state index in [0.717, 1.165) is 94.9 Å². The molecule has 0 spiro atoms. The van der Waals surface area contributed by atoms with Gasteiger partial charge in [0.15, 0.2) is 0 Å². The number of rotatable bonds is 16. The van der Waals surface area contributed by atoms with Crippen LogP contribution in [0.25, 0.3) is 0 Å². The lowest BCUT2D eigenvalue weighted by atomic mass is 9.51. The van der Waals surface area contributed by atoms with Gasteiger partial charge in [-0.05, 0) is 136 Å². The molecule has 4 rings (SSSR count). The average Bonchev–Trinajstić information content (AvgIpc) is 3.31. The van der Waals surface area contributed by atoms with Crippen LogP contribution in [0.4, 0.5) is 22.0 Å². The standard InChI is InChI=1S/C34H48F5NO2S/c1-32-15-13-29-28-11-9-24(22-41)20-26(28)21-25(31(29)30(32)12-10-27(32)23-42)8-4-3-5-16-40(2)17-7-19-43-18-6-14-33(35,36)34(37,38)39/h9,11,20,22-23,25,27,29-31H,3-8,10,12-19,21H2,1-2H3/t25-,27?,29-,30+,31-,32-/m1/s1. The second-order valence-electron chi connectivity index (χ2n) is 13.6. The number of thioether (sulfide) groups is 1. The van der Waals surface area contributed by atoms with E-state index in [9.17, 15) is 31.5 Å². The molecule has 1 aromatic rings. The molecule has 0 saturated heterocycles. The highest BCUT2D eigenvalue weighted by molar-refractivity contribution is 7.99. The molecule has 2 saturated carbocycles. The quantitative estimate of drug-likeness (QED) is 0.104. The summed E-state index contributed by atoms with van der Waals surface area (Å²) in [5.74, 6) is -1.09. The first-order chi connectivity index (χ1) is 20.4. The van der Waals surface area contributed by atoms with Crippen LogP contribution < -0.4 is 0 Å². The van der Waals surface area contributed by atoms with Crippen LogP contribution >= 0.6 is 11.8 Å². The van der Waals surface area contributed by atoms with Gasteiger partial charge in [-0.15, -0.1) is 0 Å². The molecule has 3 nitrogen and oxygen atoms in total. The Morgan fingerprint density at radius 3 is 2.44 bits per heavy atom. The summed E-state index contributed by atoms with van der Waals surface area (Å²) in [5, 5.41) is 0. The van der Waals surface area contributed by atoms with E-state index in [4.69, 9.17) is 0 Å². The van der Waals surface area contributed by atoms with Crippen molar-refractivity contribution in [3.05, 3.63) is 34.9 Å². The molecule has 1 aromatic carbocycles. The van der Waals surface area contributed by atoms with Crippen molar-refractivity contribution in [1.82, 2.24) is 4.90 Å². The third-order valence-corrected chi connectivity index (χ3v) is 12.1. The Labute approximate surface area is 258 Å². The Kier molecular flexibility index (Phi) is 11.8. The van der Waals surface area contributed by atoms with Crippen LogP contribution in [0, 0.1) is 29.1 Å². The summed E-state index contributed by atoms with van der Waals surface area (Å²) in [7, 11) is 2.08. The highest BCUT2D eigenvalue weighted by atomic mass is 32.2. The van der Waals surface area contributed by atoms with Crippen molar-refractivity contribution < 1.29 is 31.5 Å². The molecule has 43 heavy (non-hydrogen) atoms. The van der Waals surface area contributed by atoms with Crippen LogP contribution in [-0.4, -0.2) is 61.2 Å². The van der Waals surface area contributed by atoms with Gasteiger partial charge in [0, 0.05) is 17.9 Å². The van der Waals surface area contributed by atoms with Gasteiger partial charge in [0.1, 0.15) is 12.6 Å². The maximum Gasteiger partial charge on any atom is 0.453 e. The minimum atomic E-state index is -5.46. The highest BCUT2D eigenvalue weighted by Crippen LogP contribution is 2.64. The maximum absolute atomic E-state index is 13.0. The fourth-order valence-corrected chi connectivity index (χ4v) is 9.47. The largest absolute Gasteiger partial charge is 0.453 e. The smallest absolute Gasteiger partial charge is 0.306 e. The predicted octanol–water partition coefficient (Wildman–Crippen LogP) is 8.99. The molecule has 0 heterocycles. The first-order valence-electron chi connectivity index (χ1n) is 16.2. The molecule has 1 unspecified atom stereocenters. The van der Waals surface area contributed by atoms with Crippen LogP contribution in [0.15, 0.2) is 18.2 Å². The van der Waals surface area contributed by atoms with E-state index in [0.29, 0.717) is 29.4 Å². The van der Waals surface area contributed by atoms with Crippen molar-refractivity contribution in [2.45, 2.75) is 102 Å². The summed E-state index contributed by atoms with van der Waals surface area (Å²) >= 11 is 1.44. The van der Waals surface area contributed by atoms with Crippen molar-refractivity contribution in [2.24, 2.45) is 29.1 Å². The van der Waals surface area contributed by atoms with E-state index < -0.39 is 18.5 Å². The number of benzene rings is 1. The Bertz CT molecular complexity index is 1080. The summed E-state index contributed by atoms with van der Waals surface area (Å²) in [6.07, 6.45) is 6.25. The van der Waals surface area contributed by atoms with Gasteiger partial charge in [-0.1, -0.05) is 31.9 Å². The van der Waals surface area contributed by atoms with Crippen LogP contribution in [0.3, 0.4) is 0 Å². The molecule has 0 radical (unpaired) electrons. The molecule has 0 amide bonds. The summed E-state index contributed by atoms with van der Waals surface area (Å²) < 4.78 is 62.7. The van der Waals surface area contributed by atoms with Crippen LogP contribution in [-0.2, 0) is 11.2 Å². The van der Waals surface area contributed by atoms with Gasteiger partial charge in [0.2, 0.25) is 0 Å². The lowest BCUT2D eigenvalue weighted by molar-refractivity contribution is -0.284. The molecule has 0 bridgehead atoms. The molecular weight excluding hydrogens is 581 g/mol. The lowest BCUT2D eigenvalue weighted by Crippen LogP contribution is -2.46. The zero-order valence-corrected chi connectivity index (χ0v) is 26.5. The minimum absolute atomic E-state index is 0.108. The predicted molar refractivity (Wildman–Crippen MR) is 163 cm³/mol. The molecule has 6 atom stereocenters. The molecule has 0 aromatic heterocycles. The molecule has 2 fully saturated rings. The zero-order valence-electron chi connectivity index (χ0n) is 25.6. The number of alkyl halides is 5. The number of carbonyl (C=O) groups excluding carboxylic acids is 2. The zero-order chi connectivity index (χ0) is 31.3. The van der Waals surface area contributed by atoms with Crippen molar-refractivity contribution in [2.75, 3.05) is 31.6 Å². The van der Waals surface area contributed by atoms with Crippen LogP contribution in [0.1, 0.15) is 105 Å². The highest BCUT2D eigenvalue weighted by Gasteiger charge is 2.57. The first kappa shape index (κ1) is 34.4. The van der Waals surface area contributed by atoms with E-state index in [1.807, 2.05) is 6.07 Å². The van der Waals surface area contributed by atoms with E-state index >= 15 is 0 Å². The first-order valence-corrected chi connectivity index (χ1v) is 17.3. The van der Waals surface area contributed by atoms with Gasteiger partial charge in [0.05, 0.1) is 0 Å². The minimum Gasteiger partial charge on any atom is -0.306 e. The van der Waals surface area contributed by atoms with Gasteiger partial charge in [-0.3, -0.25) is 4.79 Å². The number of aldehydes is 2. The number of halogens is 5. The monoisotopic (exact) mass is 629 g/mol. The van der Waals surface area contributed by atoms with E-state index in [-0.39, 0.29) is 17.8 Å². The third-order valence-electron chi connectivity index (χ3n) is 10.9. The summed E-state index contributed by atoms with van der Waals surface area (Å²) in [4.78, 5) is 25.7. The van der Waals surface area contributed by atoms with Crippen LogP contribution in [0.2, 0.25) is 0 Å². The molecule has 3 aliphatic rings. The third kappa shape index (κ3) is 8.03. The lowest BCUT2D eigenvalue weighted by Gasteiger charge is -2.53. The molecule has 9 heteroatoms. The molecule has 242 valence electrons. The molecule has 0 aliphatic heterocycles. The summed E-state index contributed by atoms with van der Waals surface area (Å²) in [6, 6.07) is 6.27.